The van der Waals surface area contributed by atoms with Crippen molar-refractivity contribution in [2.45, 2.75) is 31.8 Å². The minimum atomic E-state index is 0.00458. The highest BCUT2D eigenvalue weighted by Crippen LogP contribution is 2.28. The molecule has 1 N–H and O–H groups in total. The van der Waals surface area contributed by atoms with E-state index in [9.17, 15) is 4.79 Å². The van der Waals surface area contributed by atoms with E-state index < -0.39 is 0 Å². The summed E-state index contributed by atoms with van der Waals surface area (Å²) in [7, 11) is 0. The number of carbonyl (C=O) groups excluding carboxylic acids is 1. The molecule has 0 saturated carbocycles. The number of nitrogens with zero attached hydrogens (tertiary/aromatic N) is 3. The summed E-state index contributed by atoms with van der Waals surface area (Å²) >= 11 is 7.41. The molecule has 7 heteroatoms. The Morgan fingerprint density at radius 1 is 1.11 bits per heavy atom. The van der Waals surface area contributed by atoms with Gasteiger partial charge in [-0.05, 0) is 49.7 Å². The van der Waals surface area contributed by atoms with Crippen LogP contribution in [0.25, 0.3) is 17.1 Å². The number of amides is 1. The van der Waals surface area contributed by atoms with E-state index in [1.54, 1.807) is 0 Å². The fourth-order valence-corrected chi connectivity index (χ4v) is 3.57. The van der Waals surface area contributed by atoms with E-state index in [0.29, 0.717) is 22.5 Å². The zero-order chi connectivity index (χ0) is 19.9. The maximum Gasteiger partial charge on any atom is 0.230 e. The van der Waals surface area contributed by atoms with E-state index in [1.165, 1.54) is 17.3 Å². The molecule has 0 bridgehead atoms. The molecule has 3 aromatic rings. The van der Waals surface area contributed by atoms with Gasteiger partial charge >= 0.3 is 0 Å². The van der Waals surface area contributed by atoms with Crippen molar-refractivity contribution < 1.29 is 4.79 Å². The molecule has 0 aliphatic carbocycles. The monoisotopic (exact) mass is 414 g/mol. The summed E-state index contributed by atoms with van der Waals surface area (Å²) in [6, 6.07) is 15.7. The number of aromatic nitrogens is 3. The summed E-state index contributed by atoms with van der Waals surface area (Å²) in [5.41, 5.74) is 3.04. The second-order valence-electron chi connectivity index (χ2n) is 6.48. The van der Waals surface area contributed by atoms with E-state index in [-0.39, 0.29) is 5.91 Å². The van der Waals surface area contributed by atoms with Gasteiger partial charge in [-0.15, -0.1) is 10.2 Å². The summed E-state index contributed by atoms with van der Waals surface area (Å²) < 4.78 is 1.98. The van der Waals surface area contributed by atoms with Crippen LogP contribution in [-0.2, 0) is 4.79 Å². The number of benzene rings is 2. The van der Waals surface area contributed by atoms with Crippen LogP contribution in [0.3, 0.4) is 0 Å². The quantitative estimate of drug-likeness (QED) is 0.420. The van der Waals surface area contributed by atoms with Crippen LogP contribution >= 0.6 is 23.4 Å². The van der Waals surface area contributed by atoms with Crippen molar-refractivity contribution in [3.8, 4) is 17.1 Å². The zero-order valence-electron chi connectivity index (χ0n) is 16.0. The van der Waals surface area contributed by atoms with Crippen molar-refractivity contribution in [2.75, 3.05) is 12.3 Å². The lowest BCUT2D eigenvalue weighted by molar-refractivity contribution is -0.118. The predicted molar refractivity (Wildman–Crippen MR) is 115 cm³/mol. The molecule has 3 rings (SSSR count). The lowest BCUT2D eigenvalue weighted by Gasteiger charge is -2.11. The Morgan fingerprint density at radius 3 is 2.50 bits per heavy atom. The first-order valence-corrected chi connectivity index (χ1v) is 10.6. The molecule has 146 valence electrons. The molecule has 0 aliphatic rings. The maximum atomic E-state index is 12.1. The Morgan fingerprint density at radius 2 is 1.82 bits per heavy atom. The van der Waals surface area contributed by atoms with Crippen molar-refractivity contribution in [3.05, 3.63) is 59.1 Å². The number of rotatable bonds is 8. The van der Waals surface area contributed by atoms with Gasteiger partial charge in [-0.25, -0.2) is 0 Å². The van der Waals surface area contributed by atoms with Gasteiger partial charge < -0.3 is 5.32 Å². The summed E-state index contributed by atoms with van der Waals surface area (Å²) in [4.78, 5) is 12.1. The molecule has 0 spiro atoms. The largest absolute Gasteiger partial charge is 0.355 e. The highest BCUT2D eigenvalue weighted by molar-refractivity contribution is 7.99. The van der Waals surface area contributed by atoms with Gasteiger partial charge in [-0.3, -0.25) is 9.36 Å². The molecule has 0 aliphatic heterocycles. The summed E-state index contributed by atoms with van der Waals surface area (Å²) in [5.74, 6) is 1.02. The Kier molecular flexibility index (Phi) is 7.12. The molecule has 0 radical (unpaired) electrons. The number of aryl methyl sites for hydroxylation is 1. The number of nitrogens with one attached hydrogen (secondary N) is 1. The number of thioether (sulfide) groups is 1. The maximum absolute atomic E-state index is 12.1. The van der Waals surface area contributed by atoms with E-state index in [4.69, 9.17) is 11.6 Å². The van der Waals surface area contributed by atoms with Crippen LogP contribution in [0.4, 0.5) is 0 Å². The van der Waals surface area contributed by atoms with Crippen molar-refractivity contribution in [3.63, 3.8) is 0 Å². The molecular formula is C21H23ClN4OS. The van der Waals surface area contributed by atoms with Gasteiger partial charge in [0.2, 0.25) is 5.91 Å². The first-order chi connectivity index (χ1) is 13.6. The molecule has 1 heterocycles. The standard InChI is InChI=1S/C21H23ClN4OS/c1-3-4-13-23-19(27)14-28-21-25-24-20(16-7-9-17(22)10-8-16)26(21)18-11-5-15(2)6-12-18/h5-12H,3-4,13-14H2,1-2H3,(H,23,27). The molecule has 0 fully saturated rings. The minimum Gasteiger partial charge on any atom is -0.355 e. The molecule has 5 nitrogen and oxygen atoms in total. The van der Waals surface area contributed by atoms with Crippen molar-refractivity contribution in [1.82, 2.24) is 20.1 Å². The second kappa shape index (κ2) is 9.75. The van der Waals surface area contributed by atoms with Crippen molar-refractivity contribution in [1.29, 1.82) is 0 Å². The highest BCUT2D eigenvalue weighted by atomic mass is 35.5. The van der Waals surface area contributed by atoms with Gasteiger partial charge in [0.15, 0.2) is 11.0 Å². The number of unbranched alkanes of at least 4 members (excludes halogenated alkanes) is 1. The van der Waals surface area contributed by atoms with E-state index in [2.05, 4.69) is 22.4 Å². The molecule has 0 atom stereocenters. The smallest absolute Gasteiger partial charge is 0.230 e. The molecule has 2 aromatic carbocycles. The Bertz CT molecular complexity index is 923. The third kappa shape index (κ3) is 5.14. The minimum absolute atomic E-state index is 0.00458. The number of hydrogen-bond donors (Lipinski definition) is 1. The summed E-state index contributed by atoms with van der Waals surface area (Å²) in [5, 5.41) is 13.0. The van der Waals surface area contributed by atoms with E-state index >= 15 is 0 Å². The first kappa shape index (κ1) is 20.4. The van der Waals surface area contributed by atoms with Gasteiger partial charge in [0.1, 0.15) is 0 Å². The van der Waals surface area contributed by atoms with Gasteiger partial charge in [0, 0.05) is 22.8 Å². The van der Waals surface area contributed by atoms with Gasteiger partial charge in [0.05, 0.1) is 5.75 Å². The average Bonchev–Trinajstić information content (AvgIpc) is 3.12. The lowest BCUT2D eigenvalue weighted by Crippen LogP contribution is -2.26. The highest BCUT2D eigenvalue weighted by Gasteiger charge is 2.17. The Labute approximate surface area is 174 Å². The van der Waals surface area contributed by atoms with Gasteiger partial charge in [-0.1, -0.05) is 54.4 Å². The zero-order valence-corrected chi connectivity index (χ0v) is 17.6. The Balaban J connectivity index is 1.88. The van der Waals surface area contributed by atoms with Crippen molar-refractivity contribution in [2.24, 2.45) is 0 Å². The van der Waals surface area contributed by atoms with Crippen LogP contribution in [0.1, 0.15) is 25.3 Å². The molecule has 0 saturated heterocycles. The third-order valence-electron chi connectivity index (χ3n) is 4.21. The van der Waals surface area contributed by atoms with Crippen LogP contribution in [0.15, 0.2) is 53.7 Å². The van der Waals surface area contributed by atoms with Crippen LogP contribution in [0.2, 0.25) is 5.02 Å². The molecule has 28 heavy (non-hydrogen) atoms. The van der Waals surface area contributed by atoms with Crippen molar-refractivity contribution >= 4 is 29.3 Å². The van der Waals surface area contributed by atoms with Crippen LogP contribution in [-0.4, -0.2) is 33.0 Å². The molecule has 1 amide bonds. The number of halogens is 1. The van der Waals surface area contributed by atoms with Crippen LogP contribution in [0, 0.1) is 6.92 Å². The van der Waals surface area contributed by atoms with Gasteiger partial charge in [-0.2, -0.15) is 0 Å². The van der Waals surface area contributed by atoms with E-state index in [1.807, 2.05) is 60.0 Å². The SMILES string of the molecule is CCCCNC(=O)CSc1nnc(-c2ccc(Cl)cc2)n1-c1ccc(C)cc1. The first-order valence-electron chi connectivity index (χ1n) is 9.26. The third-order valence-corrected chi connectivity index (χ3v) is 5.39. The molecular weight excluding hydrogens is 392 g/mol. The molecule has 0 unspecified atom stereocenters. The fourth-order valence-electron chi connectivity index (χ4n) is 2.66. The topological polar surface area (TPSA) is 59.8 Å². The lowest BCUT2D eigenvalue weighted by atomic mass is 10.2. The number of carbonyl (C=O) groups is 1. The van der Waals surface area contributed by atoms with E-state index in [0.717, 1.165) is 29.9 Å². The summed E-state index contributed by atoms with van der Waals surface area (Å²) in [6.45, 7) is 4.85. The molecule has 1 aromatic heterocycles. The Hall–Kier alpha value is -2.31. The normalized spacial score (nSPS) is 10.8. The van der Waals surface area contributed by atoms with Crippen LogP contribution in [0.5, 0.6) is 0 Å². The fraction of sp³-hybridized carbons (Fsp3) is 0.286. The van der Waals surface area contributed by atoms with Gasteiger partial charge in [0.25, 0.3) is 0 Å². The van der Waals surface area contributed by atoms with Crippen LogP contribution < -0.4 is 5.32 Å². The number of hydrogen-bond acceptors (Lipinski definition) is 4. The predicted octanol–water partition coefficient (Wildman–Crippen LogP) is 4.90. The second-order valence-corrected chi connectivity index (χ2v) is 7.86. The summed E-state index contributed by atoms with van der Waals surface area (Å²) in [6.07, 6.45) is 2.04. The average molecular weight is 415 g/mol.